The van der Waals surface area contributed by atoms with E-state index in [0.717, 1.165) is 157 Å². The second-order valence-corrected chi connectivity index (χ2v) is 37.8. The third-order valence-corrected chi connectivity index (χ3v) is 46.0. The predicted molar refractivity (Wildman–Crippen MR) is 333 cm³/mol. The summed E-state index contributed by atoms with van der Waals surface area (Å²) >= 11 is 2.96. The molecule has 0 atom stereocenters. The SMILES string of the molecule is CCN(CC)P(=NP(I)(N=P(N(CC)CC)(N(CC)CC)N(CC)CC)(N=P(N(CC)CC)(N(CC)CC)N(CC)CC)N=P(N(CC)CC)(N(CC)CC)N(CC)CC)(N(CC)CC)N(CC)CC. The molecule has 424 valence electrons. The molecule has 0 saturated heterocycles. The summed E-state index contributed by atoms with van der Waals surface area (Å²) in [5.74, 6) is 0. The molecule has 0 rings (SSSR count). The molecule has 0 heterocycles. The normalized spacial score (nSPS) is 14.4. The van der Waals surface area contributed by atoms with Crippen molar-refractivity contribution in [2.24, 2.45) is 18.1 Å². The molecule has 0 saturated carbocycles. The van der Waals surface area contributed by atoms with Gasteiger partial charge in [0.1, 0.15) is 0 Å². The fourth-order valence-corrected chi connectivity index (χ4v) is 48.5. The standard InChI is InChI=1S/C48H120IN16P5/c1-25-54(26-2)66(55(27-3)28-4,56(29-5)30-6)50-70(49,51-67(57(31-7)32-8,58(33-9)34-10)59(35-11)36-12,52-68(60(37-13)38-14,61(39-15)40-16)62(41-17)42-18)53-69(63(43-19)44-20,64(45-21)46-22)65(47-23)48-24/h25-48H2,1-24H3. The Hall–Kier alpha value is 1.60. The maximum absolute atomic E-state index is 7.26. The molecule has 0 aliphatic carbocycles. The van der Waals surface area contributed by atoms with Gasteiger partial charge in [0.2, 0.25) is 0 Å². The van der Waals surface area contributed by atoms with E-state index in [9.17, 15) is 0 Å². The first-order chi connectivity index (χ1) is 33.4. The molecule has 0 aromatic rings. The van der Waals surface area contributed by atoms with E-state index in [1.165, 1.54) is 0 Å². The van der Waals surface area contributed by atoms with Gasteiger partial charge in [-0.05, 0) is 0 Å². The van der Waals surface area contributed by atoms with Gasteiger partial charge in [-0.1, -0.05) is 0 Å². The second kappa shape index (κ2) is 34.5. The van der Waals surface area contributed by atoms with Crippen molar-refractivity contribution in [3.05, 3.63) is 0 Å². The van der Waals surface area contributed by atoms with Crippen molar-refractivity contribution in [1.82, 2.24) is 56.0 Å². The molecule has 0 aliphatic heterocycles. The molecule has 0 aromatic carbocycles. The summed E-state index contributed by atoms with van der Waals surface area (Å²) in [4.78, 5) is -4.89. The Balaban J connectivity index is 13.0. The predicted octanol–water partition coefficient (Wildman–Crippen LogP) is 15.4. The van der Waals surface area contributed by atoms with Crippen molar-refractivity contribution in [2.45, 2.75) is 166 Å². The van der Waals surface area contributed by atoms with Crippen LogP contribution in [0.5, 0.6) is 0 Å². The van der Waals surface area contributed by atoms with Crippen molar-refractivity contribution < 1.29 is 0 Å². The van der Waals surface area contributed by atoms with Gasteiger partial charge < -0.3 is 0 Å². The molecule has 70 heavy (non-hydrogen) atoms. The first kappa shape index (κ1) is 71.6. The zero-order valence-corrected chi connectivity index (χ0v) is 57.4. The van der Waals surface area contributed by atoms with Crippen LogP contribution in [0.15, 0.2) is 18.1 Å². The van der Waals surface area contributed by atoms with Gasteiger partial charge in [0.15, 0.2) is 0 Å². The van der Waals surface area contributed by atoms with Crippen LogP contribution in [0.1, 0.15) is 166 Å². The van der Waals surface area contributed by atoms with Crippen LogP contribution < -0.4 is 0 Å². The average Bonchev–Trinajstić information content (AvgIpc) is 3.35. The van der Waals surface area contributed by atoms with E-state index in [0.29, 0.717) is 0 Å². The Morgan fingerprint density at radius 3 is 0.329 bits per heavy atom. The summed E-state index contributed by atoms with van der Waals surface area (Å²) in [5.41, 5.74) is 0. The van der Waals surface area contributed by atoms with Crippen LogP contribution in [0.3, 0.4) is 0 Å². The molecule has 0 amide bonds. The molecule has 0 aromatic heterocycles. The van der Waals surface area contributed by atoms with Crippen molar-refractivity contribution >= 4 is 56.9 Å². The van der Waals surface area contributed by atoms with Crippen LogP contribution in [-0.2, 0) is 0 Å². The van der Waals surface area contributed by atoms with E-state index in [1.807, 2.05) is 0 Å². The van der Waals surface area contributed by atoms with Crippen LogP contribution in [0.2, 0.25) is 0 Å². The average molecular weight is 1200 g/mol. The minimum absolute atomic E-state index is 0.858. The maximum atomic E-state index is 7.26. The molecule has 0 fully saturated rings. The Bertz CT molecular complexity index is 1240. The second-order valence-electron chi connectivity index (χ2n) is 17.0. The first-order valence-electron chi connectivity index (χ1n) is 28.7. The molecule has 0 bridgehead atoms. The Morgan fingerprint density at radius 1 is 0.200 bits per heavy atom. The molecule has 0 N–H and O–H groups in total. The van der Waals surface area contributed by atoms with E-state index in [2.05, 4.69) is 244 Å². The first-order valence-corrected chi connectivity index (χ1v) is 40.0. The van der Waals surface area contributed by atoms with Crippen molar-refractivity contribution in [1.29, 1.82) is 0 Å². The fourth-order valence-electron chi connectivity index (χ4n) is 11.0. The quantitative estimate of drug-likeness (QED) is 0.0432. The zero-order valence-electron chi connectivity index (χ0n) is 50.7. The Morgan fingerprint density at radius 2 is 0.271 bits per heavy atom. The van der Waals surface area contributed by atoms with E-state index in [4.69, 9.17) is 18.1 Å². The van der Waals surface area contributed by atoms with Gasteiger partial charge in [0, 0.05) is 0 Å². The van der Waals surface area contributed by atoms with Gasteiger partial charge in [-0.2, -0.15) is 0 Å². The monoisotopic (exact) mass is 1200 g/mol. The van der Waals surface area contributed by atoms with E-state index in [-0.39, 0.29) is 0 Å². The molecule has 16 nitrogen and oxygen atoms in total. The summed E-state index contributed by atoms with van der Waals surface area (Å²) in [6.45, 7) is 77.4. The Kier molecular flexibility index (Phi) is 35.3. The van der Waals surface area contributed by atoms with Crippen LogP contribution in [-0.4, -0.2) is 213 Å². The summed E-state index contributed by atoms with van der Waals surface area (Å²) in [7, 11) is -11.7. The molecule has 0 radical (unpaired) electrons. The molecular formula is C48H120IN16P5. The molecule has 0 unspecified atom stereocenters. The molecule has 0 spiro atoms. The topological polar surface area (TPSA) is 88.3 Å². The number of halogens is 1. The fraction of sp³-hybridized carbons (Fsp3) is 1.00. The van der Waals surface area contributed by atoms with Crippen LogP contribution >= 0.6 is 56.9 Å². The van der Waals surface area contributed by atoms with Crippen molar-refractivity contribution in [3.8, 4) is 0 Å². The third-order valence-electron chi connectivity index (χ3n) is 14.4. The van der Waals surface area contributed by atoms with E-state index < -0.39 is 34.9 Å². The summed E-state index contributed by atoms with van der Waals surface area (Å²) in [6, 6.07) is 0. The number of rotatable bonds is 40. The van der Waals surface area contributed by atoms with Gasteiger partial charge in [-0.25, -0.2) is 0 Å². The zero-order chi connectivity index (χ0) is 54.2. The van der Waals surface area contributed by atoms with Crippen LogP contribution in [0.25, 0.3) is 0 Å². The van der Waals surface area contributed by atoms with Gasteiger partial charge in [-0.3, -0.25) is 0 Å². The van der Waals surface area contributed by atoms with Gasteiger partial charge in [0.05, 0.1) is 0 Å². The van der Waals surface area contributed by atoms with Crippen LogP contribution in [0.4, 0.5) is 0 Å². The van der Waals surface area contributed by atoms with Crippen molar-refractivity contribution in [3.63, 3.8) is 0 Å². The van der Waals surface area contributed by atoms with Gasteiger partial charge in [-0.15, -0.1) is 0 Å². The molecular weight excluding hydrogens is 1080 g/mol. The minimum atomic E-state index is -4.89. The van der Waals surface area contributed by atoms with Crippen molar-refractivity contribution in [2.75, 3.05) is 157 Å². The number of nitrogens with zero attached hydrogens (tertiary/aromatic N) is 16. The number of hydrogen-bond acceptors (Lipinski definition) is 4. The third kappa shape index (κ3) is 14.6. The summed E-state index contributed by atoms with van der Waals surface area (Å²) in [6.07, 6.45) is 0. The van der Waals surface area contributed by atoms with Gasteiger partial charge in [0.25, 0.3) is 0 Å². The summed E-state index contributed by atoms with van der Waals surface area (Å²) in [5, 5.41) is 0. The van der Waals surface area contributed by atoms with E-state index >= 15 is 0 Å². The van der Waals surface area contributed by atoms with Gasteiger partial charge >= 0.3 is 454 Å². The summed E-state index contributed by atoms with van der Waals surface area (Å²) < 4.78 is 62.2. The van der Waals surface area contributed by atoms with E-state index in [1.54, 1.807) is 0 Å². The molecule has 0 aliphatic rings. The van der Waals surface area contributed by atoms with Crippen LogP contribution in [0, 0.1) is 0 Å². The molecule has 22 heteroatoms. The Labute approximate surface area is 451 Å². The number of hydrogen-bond donors (Lipinski definition) is 0.